The van der Waals surface area contributed by atoms with Gasteiger partial charge in [0.15, 0.2) is 11.2 Å². The second-order valence-corrected chi connectivity index (χ2v) is 6.00. The fourth-order valence-electron chi connectivity index (χ4n) is 2.54. The molecule has 130 valence electrons. The number of fused-ring (bicyclic) bond motifs is 1. The van der Waals surface area contributed by atoms with Gasteiger partial charge in [-0.15, -0.1) is 0 Å². The van der Waals surface area contributed by atoms with Gasteiger partial charge in [-0.3, -0.25) is 24.5 Å². The highest BCUT2D eigenvalue weighted by Crippen LogP contribution is 2.30. The number of aromatic amines is 1. The molecule has 1 fully saturated rings. The predicted molar refractivity (Wildman–Crippen MR) is 83.2 cm³/mol. The van der Waals surface area contributed by atoms with Crippen molar-refractivity contribution in [3.05, 3.63) is 16.7 Å². The number of nitrogens with zero attached hydrogens (tertiary/aromatic N) is 3. The Morgan fingerprint density at radius 3 is 2.96 bits per heavy atom. The first-order chi connectivity index (χ1) is 11.4. The molecule has 2 aromatic heterocycles. The number of H-pyrrole nitrogens is 1. The van der Waals surface area contributed by atoms with Gasteiger partial charge in [0.25, 0.3) is 5.56 Å². The molecule has 4 N–H and O–H groups in total. The van der Waals surface area contributed by atoms with Crippen molar-refractivity contribution < 1.29 is 19.7 Å². The Morgan fingerprint density at radius 1 is 1.58 bits per heavy atom. The first-order valence-corrected chi connectivity index (χ1v) is 7.62. The number of rotatable bonds is 4. The highest BCUT2D eigenvalue weighted by atomic mass is 16.5. The second-order valence-electron chi connectivity index (χ2n) is 6.00. The van der Waals surface area contributed by atoms with Crippen molar-refractivity contribution in [1.29, 1.82) is 0 Å². The molecule has 0 radical (unpaired) electrons. The number of aromatic nitrogens is 4. The van der Waals surface area contributed by atoms with E-state index in [0.717, 1.165) is 0 Å². The smallest absolute Gasteiger partial charge is 0.278 e. The Hall–Kier alpha value is -2.30. The normalized spacial score (nSPS) is 24.0. The number of hydrogen-bond acceptors (Lipinski definition) is 7. The van der Waals surface area contributed by atoms with Gasteiger partial charge in [-0.25, -0.2) is 4.98 Å². The van der Waals surface area contributed by atoms with Gasteiger partial charge in [0, 0.05) is 12.3 Å². The Balaban J connectivity index is 1.93. The molecule has 0 spiro atoms. The maximum absolute atomic E-state index is 12.3. The molecule has 1 amide bonds. The molecular formula is C14H19N5O5. The molecule has 1 aliphatic heterocycles. The van der Waals surface area contributed by atoms with E-state index in [0.29, 0.717) is 0 Å². The summed E-state index contributed by atoms with van der Waals surface area (Å²) in [6.45, 7) is 3.13. The molecule has 3 atom stereocenters. The summed E-state index contributed by atoms with van der Waals surface area (Å²) in [5.41, 5.74) is -0.154. The van der Waals surface area contributed by atoms with E-state index >= 15 is 0 Å². The molecular weight excluding hydrogens is 318 g/mol. The van der Waals surface area contributed by atoms with E-state index in [-0.39, 0.29) is 42.0 Å². The number of hydrogen-bond donors (Lipinski definition) is 4. The van der Waals surface area contributed by atoms with Gasteiger partial charge in [0.2, 0.25) is 11.9 Å². The number of anilines is 1. The summed E-state index contributed by atoms with van der Waals surface area (Å²) in [5, 5.41) is 21.5. The predicted octanol–water partition coefficient (Wildman–Crippen LogP) is -0.645. The van der Waals surface area contributed by atoms with Gasteiger partial charge in [-0.05, 0) is 0 Å². The van der Waals surface area contributed by atoms with Crippen LogP contribution in [0.5, 0.6) is 0 Å². The number of nitrogens with one attached hydrogen (secondary N) is 2. The van der Waals surface area contributed by atoms with Crippen molar-refractivity contribution in [2.75, 3.05) is 11.9 Å². The van der Waals surface area contributed by atoms with Gasteiger partial charge in [0.05, 0.1) is 19.0 Å². The third-order valence-corrected chi connectivity index (χ3v) is 3.90. The van der Waals surface area contributed by atoms with E-state index in [1.165, 1.54) is 10.9 Å². The van der Waals surface area contributed by atoms with Gasteiger partial charge in [-0.1, -0.05) is 13.8 Å². The van der Waals surface area contributed by atoms with Crippen molar-refractivity contribution in [3.8, 4) is 0 Å². The third-order valence-electron chi connectivity index (χ3n) is 3.90. The van der Waals surface area contributed by atoms with Crippen LogP contribution >= 0.6 is 0 Å². The van der Waals surface area contributed by atoms with Crippen LogP contribution in [0.25, 0.3) is 11.2 Å². The van der Waals surface area contributed by atoms with E-state index < -0.39 is 24.0 Å². The molecule has 0 aromatic carbocycles. The van der Waals surface area contributed by atoms with Crippen molar-refractivity contribution in [2.45, 2.75) is 38.7 Å². The number of aliphatic hydroxyl groups excluding tert-OH is 2. The fourth-order valence-corrected chi connectivity index (χ4v) is 2.54. The summed E-state index contributed by atoms with van der Waals surface area (Å²) in [7, 11) is 0. The second kappa shape index (κ2) is 6.30. The van der Waals surface area contributed by atoms with Crippen molar-refractivity contribution in [1.82, 2.24) is 19.5 Å². The number of carbonyl (C=O) groups excluding carboxylic acids is 1. The minimum absolute atomic E-state index is 0.0251. The lowest BCUT2D eigenvalue weighted by Gasteiger charge is -2.13. The Morgan fingerprint density at radius 2 is 2.33 bits per heavy atom. The number of amides is 1. The fraction of sp³-hybridized carbons (Fsp3) is 0.571. The monoisotopic (exact) mass is 337 g/mol. The van der Waals surface area contributed by atoms with Crippen LogP contribution in [0.1, 0.15) is 26.5 Å². The van der Waals surface area contributed by atoms with E-state index in [1.807, 2.05) is 0 Å². The number of imidazole rings is 1. The van der Waals surface area contributed by atoms with Crippen LogP contribution in [-0.2, 0) is 9.53 Å². The summed E-state index contributed by atoms with van der Waals surface area (Å²) in [6, 6.07) is 0. The third kappa shape index (κ3) is 2.90. The summed E-state index contributed by atoms with van der Waals surface area (Å²) in [6.07, 6.45) is -0.542. The molecule has 24 heavy (non-hydrogen) atoms. The van der Waals surface area contributed by atoms with Crippen LogP contribution in [0.3, 0.4) is 0 Å². The zero-order valence-corrected chi connectivity index (χ0v) is 13.3. The largest absolute Gasteiger partial charge is 0.394 e. The lowest BCUT2D eigenvalue weighted by molar-refractivity contribution is -0.118. The number of carbonyl (C=O) groups is 1. The highest BCUT2D eigenvalue weighted by Gasteiger charge is 2.35. The Bertz CT molecular complexity index is 813. The maximum Gasteiger partial charge on any atom is 0.278 e. The topological polar surface area (TPSA) is 142 Å². The molecule has 1 saturated heterocycles. The Kier molecular flexibility index (Phi) is 4.35. The standard InChI is InChI=1S/C14H19N5O5/c1-6(2)12(22)17-14-16-11-10(13(23)18-14)19(5-15-11)9-3-7(21)8(4-20)24-9/h5-9,20-21H,3-4H2,1-2H3,(H2,16,17,18,22,23)/t7-,8+,9+/m0/s1. The summed E-state index contributed by atoms with van der Waals surface area (Å²) in [4.78, 5) is 34.7. The van der Waals surface area contributed by atoms with Gasteiger partial charge in [-0.2, -0.15) is 4.98 Å². The van der Waals surface area contributed by atoms with E-state index in [1.54, 1.807) is 13.8 Å². The van der Waals surface area contributed by atoms with Gasteiger partial charge < -0.3 is 14.9 Å². The molecule has 10 heteroatoms. The van der Waals surface area contributed by atoms with Crippen LogP contribution in [-0.4, -0.2) is 54.5 Å². The van der Waals surface area contributed by atoms with Crippen molar-refractivity contribution in [2.24, 2.45) is 5.92 Å². The molecule has 0 aliphatic carbocycles. The molecule has 1 aliphatic rings. The lowest BCUT2D eigenvalue weighted by atomic mass is 10.2. The van der Waals surface area contributed by atoms with Gasteiger partial charge in [0.1, 0.15) is 12.3 Å². The van der Waals surface area contributed by atoms with E-state index in [2.05, 4.69) is 20.3 Å². The van der Waals surface area contributed by atoms with Crippen LogP contribution in [0.15, 0.2) is 11.1 Å². The number of aliphatic hydroxyl groups is 2. The van der Waals surface area contributed by atoms with Crippen LogP contribution in [0.2, 0.25) is 0 Å². The van der Waals surface area contributed by atoms with Crippen LogP contribution < -0.4 is 10.9 Å². The minimum Gasteiger partial charge on any atom is -0.394 e. The van der Waals surface area contributed by atoms with Crippen LogP contribution in [0.4, 0.5) is 5.95 Å². The molecule has 0 bridgehead atoms. The van der Waals surface area contributed by atoms with Crippen LogP contribution in [0, 0.1) is 5.92 Å². The SMILES string of the molecule is CC(C)C(=O)Nc1nc2ncn([C@H]3C[C@H](O)[C@@H](CO)O3)c2c(=O)[nH]1. The average Bonchev–Trinajstić information content (AvgIpc) is 3.10. The number of ether oxygens (including phenoxy) is 1. The van der Waals surface area contributed by atoms with E-state index in [9.17, 15) is 14.7 Å². The molecule has 0 saturated carbocycles. The lowest BCUT2D eigenvalue weighted by Crippen LogP contribution is -2.24. The highest BCUT2D eigenvalue weighted by molar-refractivity contribution is 5.91. The molecule has 0 unspecified atom stereocenters. The molecule has 3 heterocycles. The Labute approximate surface area is 136 Å². The summed E-state index contributed by atoms with van der Waals surface area (Å²) < 4.78 is 7.00. The molecule has 3 rings (SSSR count). The first kappa shape index (κ1) is 16.6. The van der Waals surface area contributed by atoms with E-state index in [4.69, 9.17) is 9.84 Å². The van der Waals surface area contributed by atoms with Crippen molar-refractivity contribution >= 4 is 23.0 Å². The van der Waals surface area contributed by atoms with Gasteiger partial charge >= 0.3 is 0 Å². The maximum atomic E-state index is 12.3. The minimum atomic E-state index is -0.825. The molecule has 10 nitrogen and oxygen atoms in total. The van der Waals surface area contributed by atoms with Crippen molar-refractivity contribution in [3.63, 3.8) is 0 Å². The quantitative estimate of drug-likeness (QED) is 0.581. The zero-order valence-electron chi connectivity index (χ0n) is 13.3. The zero-order chi connectivity index (χ0) is 17.4. The average molecular weight is 337 g/mol. The summed E-state index contributed by atoms with van der Waals surface area (Å²) >= 11 is 0. The molecule has 2 aromatic rings. The summed E-state index contributed by atoms with van der Waals surface area (Å²) in [5.74, 6) is -0.505. The first-order valence-electron chi connectivity index (χ1n) is 7.62.